The number of aryl methyl sites for hydroxylation is 1. The van der Waals surface area contributed by atoms with Crippen molar-refractivity contribution in [3.05, 3.63) is 29.3 Å². The molecule has 112 valence electrons. The monoisotopic (exact) mass is 289 g/mol. The minimum absolute atomic E-state index is 0.0211. The molecule has 5 heteroatoms. The van der Waals surface area contributed by atoms with Crippen LogP contribution in [0.25, 0.3) is 0 Å². The van der Waals surface area contributed by atoms with Crippen LogP contribution in [-0.2, 0) is 16.0 Å². The van der Waals surface area contributed by atoms with Crippen molar-refractivity contribution in [1.29, 1.82) is 0 Å². The minimum Gasteiger partial charge on any atom is -0.481 e. The number of carbonyl (C=O) groups is 2. The van der Waals surface area contributed by atoms with E-state index >= 15 is 0 Å². The van der Waals surface area contributed by atoms with E-state index in [0.717, 1.165) is 44.0 Å². The third kappa shape index (κ3) is 2.93. The smallest absolute Gasteiger partial charge is 0.304 e. The molecule has 0 amide bonds. The Labute approximate surface area is 123 Å². The molecule has 0 aromatic heterocycles. The van der Waals surface area contributed by atoms with Crippen LogP contribution in [0.4, 0.5) is 5.69 Å². The number of ketones is 1. The van der Waals surface area contributed by atoms with Crippen molar-refractivity contribution in [1.82, 2.24) is 0 Å². The summed E-state index contributed by atoms with van der Waals surface area (Å²) in [5.74, 6) is -1.29. The molecule has 0 spiro atoms. The van der Waals surface area contributed by atoms with Crippen molar-refractivity contribution in [2.45, 2.75) is 19.3 Å². The second-order valence-corrected chi connectivity index (χ2v) is 5.64. The van der Waals surface area contributed by atoms with Gasteiger partial charge >= 0.3 is 5.97 Å². The Balaban J connectivity index is 1.81. The molecule has 0 saturated carbocycles. The summed E-state index contributed by atoms with van der Waals surface area (Å²) in [6.45, 7) is 3.20. The van der Waals surface area contributed by atoms with Crippen LogP contribution < -0.4 is 4.90 Å². The van der Waals surface area contributed by atoms with E-state index in [2.05, 4.69) is 11.0 Å². The Morgan fingerprint density at radius 1 is 1.33 bits per heavy atom. The van der Waals surface area contributed by atoms with E-state index in [1.807, 2.05) is 12.1 Å². The van der Waals surface area contributed by atoms with Crippen LogP contribution in [0.3, 0.4) is 0 Å². The average molecular weight is 289 g/mol. The van der Waals surface area contributed by atoms with Crippen LogP contribution >= 0.6 is 0 Å². The molecule has 0 radical (unpaired) electrons. The van der Waals surface area contributed by atoms with Crippen molar-refractivity contribution in [3.63, 3.8) is 0 Å². The van der Waals surface area contributed by atoms with Crippen molar-refractivity contribution in [2.75, 3.05) is 31.2 Å². The number of aliphatic carboxylic acids is 1. The fourth-order valence-electron chi connectivity index (χ4n) is 3.13. The Morgan fingerprint density at radius 2 is 2.10 bits per heavy atom. The number of ether oxygens (including phenoxy) is 1. The van der Waals surface area contributed by atoms with Gasteiger partial charge in [-0.25, -0.2) is 0 Å². The van der Waals surface area contributed by atoms with Gasteiger partial charge in [0.2, 0.25) is 0 Å². The summed E-state index contributed by atoms with van der Waals surface area (Å²) in [7, 11) is 0. The third-order valence-corrected chi connectivity index (χ3v) is 4.28. The molecule has 2 aliphatic rings. The van der Waals surface area contributed by atoms with Crippen LogP contribution in [-0.4, -0.2) is 43.2 Å². The zero-order valence-electron chi connectivity index (χ0n) is 11.9. The molecule has 1 aliphatic carbocycles. The van der Waals surface area contributed by atoms with E-state index in [4.69, 9.17) is 9.84 Å². The van der Waals surface area contributed by atoms with Gasteiger partial charge in [0.25, 0.3) is 0 Å². The predicted molar refractivity (Wildman–Crippen MR) is 77.9 cm³/mol. The third-order valence-electron chi connectivity index (χ3n) is 4.28. The molecule has 1 aliphatic heterocycles. The molecule has 1 atom stereocenters. The maximum absolute atomic E-state index is 12.3. The molecule has 5 nitrogen and oxygen atoms in total. The number of carboxylic acids is 1. The molecule has 21 heavy (non-hydrogen) atoms. The van der Waals surface area contributed by atoms with Crippen LogP contribution in [0.1, 0.15) is 28.8 Å². The molecule has 1 heterocycles. The first-order valence-corrected chi connectivity index (χ1v) is 7.37. The van der Waals surface area contributed by atoms with E-state index in [1.165, 1.54) is 0 Å². The number of anilines is 1. The lowest BCUT2D eigenvalue weighted by molar-refractivity contribution is -0.137. The molecule has 1 unspecified atom stereocenters. The van der Waals surface area contributed by atoms with E-state index in [9.17, 15) is 9.59 Å². The maximum atomic E-state index is 12.3. The van der Waals surface area contributed by atoms with Gasteiger partial charge in [0.1, 0.15) is 0 Å². The normalized spacial score (nSPS) is 22.0. The number of morpholine rings is 1. The summed E-state index contributed by atoms with van der Waals surface area (Å²) in [6, 6.07) is 5.90. The van der Waals surface area contributed by atoms with Crippen molar-refractivity contribution in [2.24, 2.45) is 5.92 Å². The molecular weight excluding hydrogens is 270 g/mol. The Kier molecular flexibility index (Phi) is 3.92. The average Bonchev–Trinajstić information content (AvgIpc) is 2.50. The molecule has 1 N–H and O–H groups in total. The quantitative estimate of drug-likeness (QED) is 0.918. The highest BCUT2D eigenvalue weighted by Crippen LogP contribution is 2.30. The van der Waals surface area contributed by atoms with Gasteiger partial charge in [-0.05, 0) is 36.6 Å². The topological polar surface area (TPSA) is 66.8 Å². The zero-order chi connectivity index (χ0) is 14.8. The number of hydrogen-bond acceptors (Lipinski definition) is 4. The summed E-state index contributed by atoms with van der Waals surface area (Å²) < 4.78 is 5.35. The molecular formula is C16H19NO4. The highest BCUT2D eigenvalue weighted by molar-refractivity contribution is 6.01. The molecule has 0 bridgehead atoms. The highest BCUT2D eigenvalue weighted by atomic mass is 16.5. The Bertz CT molecular complexity index is 563. The number of benzene rings is 1. The highest BCUT2D eigenvalue weighted by Gasteiger charge is 2.29. The van der Waals surface area contributed by atoms with Gasteiger partial charge in [-0.1, -0.05) is 0 Å². The van der Waals surface area contributed by atoms with Gasteiger partial charge in [-0.3, -0.25) is 9.59 Å². The summed E-state index contributed by atoms with van der Waals surface area (Å²) in [5.41, 5.74) is 2.87. The Hall–Kier alpha value is -1.88. The minimum atomic E-state index is -0.901. The van der Waals surface area contributed by atoms with E-state index < -0.39 is 5.97 Å². The first-order chi connectivity index (χ1) is 10.1. The lowest BCUT2D eigenvalue weighted by Gasteiger charge is -2.30. The van der Waals surface area contributed by atoms with Crippen LogP contribution in [0.15, 0.2) is 18.2 Å². The zero-order valence-corrected chi connectivity index (χ0v) is 11.9. The van der Waals surface area contributed by atoms with Crippen LogP contribution in [0.5, 0.6) is 0 Å². The molecule has 1 saturated heterocycles. The molecule has 1 aromatic rings. The van der Waals surface area contributed by atoms with Crippen LogP contribution in [0, 0.1) is 5.92 Å². The van der Waals surface area contributed by atoms with Crippen LogP contribution in [0.2, 0.25) is 0 Å². The molecule has 3 rings (SSSR count). The van der Waals surface area contributed by atoms with Gasteiger partial charge in [0.15, 0.2) is 5.78 Å². The number of carboxylic acid groups (broad SMARTS) is 1. The first kappa shape index (κ1) is 14.1. The SMILES string of the molecule is O=C(O)CC1CCc2cc(N3CCOCC3)ccc2C1=O. The van der Waals surface area contributed by atoms with E-state index in [1.54, 1.807) is 0 Å². The number of Topliss-reactive ketones (excluding diaryl/α,β-unsaturated/α-hetero) is 1. The van der Waals surface area contributed by atoms with Gasteiger partial charge in [0, 0.05) is 30.3 Å². The fourth-order valence-corrected chi connectivity index (χ4v) is 3.13. The lowest BCUT2D eigenvalue weighted by atomic mass is 9.81. The Morgan fingerprint density at radius 3 is 2.81 bits per heavy atom. The number of rotatable bonds is 3. The second kappa shape index (κ2) is 5.85. The summed E-state index contributed by atoms with van der Waals surface area (Å²) >= 11 is 0. The van der Waals surface area contributed by atoms with Gasteiger partial charge in [-0.15, -0.1) is 0 Å². The van der Waals surface area contributed by atoms with Gasteiger partial charge in [0.05, 0.1) is 19.6 Å². The lowest BCUT2D eigenvalue weighted by Crippen LogP contribution is -2.36. The van der Waals surface area contributed by atoms with Crippen molar-refractivity contribution in [3.8, 4) is 0 Å². The molecule has 1 fully saturated rings. The maximum Gasteiger partial charge on any atom is 0.304 e. The van der Waals surface area contributed by atoms with E-state index in [0.29, 0.717) is 12.0 Å². The largest absolute Gasteiger partial charge is 0.481 e. The van der Waals surface area contributed by atoms with Crippen molar-refractivity contribution < 1.29 is 19.4 Å². The number of hydrogen-bond donors (Lipinski definition) is 1. The predicted octanol–water partition coefficient (Wildman–Crippen LogP) is 1.74. The summed E-state index contributed by atoms with van der Waals surface area (Å²) in [6.07, 6.45) is 1.34. The molecule has 1 aromatic carbocycles. The van der Waals surface area contributed by atoms with E-state index in [-0.39, 0.29) is 18.1 Å². The second-order valence-electron chi connectivity index (χ2n) is 5.64. The first-order valence-electron chi connectivity index (χ1n) is 7.37. The van der Waals surface area contributed by atoms with Crippen molar-refractivity contribution >= 4 is 17.4 Å². The summed E-state index contributed by atoms with van der Waals surface area (Å²) in [4.78, 5) is 25.4. The standard InChI is InChI=1S/C16H19NO4/c18-15(19)10-12-2-1-11-9-13(3-4-14(11)16(12)20)17-5-7-21-8-6-17/h3-4,9,12H,1-2,5-8,10H2,(H,18,19). The number of fused-ring (bicyclic) bond motifs is 1. The summed E-state index contributed by atoms with van der Waals surface area (Å²) in [5, 5.41) is 8.88. The number of carbonyl (C=O) groups excluding carboxylic acids is 1. The fraction of sp³-hybridized carbons (Fsp3) is 0.500. The number of nitrogens with zero attached hydrogens (tertiary/aromatic N) is 1. The van der Waals surface area contributed by atoms with Gasteiger partial charge < -0.3 is 14.7 Å². The van der Waals surface area contributed by atoms with Gasteiger partial charge in [-0.2, -0.15) is 0 Å².